The number of hydrogen-bond acceptors (Lipinski definition) is 8. The first-order chi connectivity index (χ1) is 16.4. The van der Waals surface area contributed by atoms with Crippen LogP contribution in [0.4, 0.5) is 11.5 Å². The first-order valence-electron chi connectivity index (χ1n) is 10.5. The number of carbonyl (C=O) groups is 1. The Balaban J connectivity index is 1.41. The van der Waals surface area contributed by atoms with Crippen LogP contribution in [0.15, 0.2) is 48.5 Å². The molecular weight excluding hydrogens is 462 g/mol. The minimum Gasteiger partial charge on any atom is -0.493 e. The lowest BCUT2D eigenvalue weighted by molar-refractivity contribution is -0.384. The molecule has 176 valence electrons. The molecule has 0 saturated carbocycles. The van der Waals surface area contributed by atoms with Crippen molar-refractivity contribution >= 4 is 29.0 Å². The Labute approximate surface area is 200 Å². The molecule has 0 atom stereocenters. The lowest BCUT2D eigenvalue weighted by Gasteiger charge is -2.35. The zero-order valence-electron chi connectivity index (χ0n) is 18.6. The Hall–Kier alpha value is -3.92. The van der Waals surface area contributed by atoms with E-state index in [9.17, 15) is 14.9 Å². The molecule has 0 radical (unpaired) electrons. The number of amides is 1. The van der Waals surface area contributed by atoms with Gasteiger partial charge in [-0.2, -0.15) is 0 Å². The lowest BCUT2D eigenvalue weighted by atomic mass is 10.1. The lowest BCUT2D eigenvalue weighted by Crippen LogP contribution is -2.49. The van der Waals surface area contributed by atoms with Crippen molar-refractivity contribution in [2.75, 3.05) is 45.3 Å². The number of nitro benzene ring substituents is 1. The number of aromatic nitrogens is 2. The largest absolute Gasteiger partial charge is 0.493 e. The average molecular weight is 484 g/mol. The summed E-state index contributed by atoms with van der Waals surface area (Å²) < 4.78 is 10.6. The van der Waals surface area contributed by atoms with Crippen molar-refractivity contribution in [3.63, 3.8) is 0 Å². The van der Waals surface area contributed by atoms with Gasteiger partial charge < -0.3 is 19.3 Å². The molecule has 0 N–H and O–H groups in total. The number of methoxy groups -OCH3 is 2. The number of hydrogen-bond donors (Lipinski definition) is 0. The highest BCUT2D eigenvalue weighted by Gasteiger charge is 2.25. The maximum Gasteiger partial charge on any atom is 0.270 e. The highest BCUT2D eigenvalue weighted by Crippen LogP contribution is 2.32. The number of nitro groups is 1. The standard InChI is InChI=1S/C23H22ClN5O5/c1-33-20-7-3-15(13-21(20)34-2)19-6-8-22(26-25-19)27-9-11-28(12-10-27)23(30)17-5-4-16(29(31)32)14-18(17)24/h3-8,13-14H,9-12H2,1-2H3. The van der Waals surface area contributed by atoms with Crippen molar-refractivity contribution in [2.24, 2.45) is 0 Å². The molecule has 0 bridgehead atoms. The van der Waals surface area contributed by atoms with Gasteiger partial charge in [0.15, 0.2) is 17.3 Å². The molecule has 10 nitrogen and oxygen atoms in total. The van der Waals surface area contributed by atoms with Gasteiger partial charge in [0.2, 0.25) is 0 Å². The number of non-ortho nitro benzene ring substituents is 1. The molecule has 2 aromatic carbocycles. The molecule has 0 spiro atoms. The van der Waals surface area contributed by atoms with E-state index in [1.807, 2.05) is 35.2 Å². The van der Waals surface area contributed by atoms with E-state index in [1.165, 1.54) is 18.2 Å². The summed E-state index contributed by atoms with van der Waals surface area (Å²) in [7, 11) is 3.16. The van der Waals surface area contributed by atoms with E-state index >= 15 is 0 Å². The van der Waals surface area contributed by atoms with Gasteiger partial charge >= 0.3 is 0 Å². The predicted molar refractivity (Wildman–Crippen MR) is 127 cm³/mol. The Morgan fingerprint density at radius 3 is 2.29 bits per heavy atom. The summed E-state index contributed by atoms with van der Waals surface area (Å²) in [5.74, 6) is 1.71. The monoisotopic (exact) mass is 483 g/mol. The van der Waals surface area contributed by atoms with Crippen LogP contribution in [0, 0.1) is 10.1 Å². The fourth-order valence-corrected chi connectivity index (χ4v) is 4.00. The number of ether oxygens (including phenoxy) is 2. The van der Waals surface area contributed by atoms with Crippen LogP contribution in [0.5, 0.6) is 11.5 Å². The van der Waals surface area contributed by atoms with Gasteiger partial charge in [0.25, 0.3) is 11.6 Å². The van der Waals surface area contributed by atoms with Gasteiger partial charge in [0, 0.05) is 43.9 Å². The average Bonchev–Trinajstić information content (AvgIpc) is 2.88. The quantitative estimate of drug-likeness (QED) is 0.385. The van der Waals surface area contributed by atoms with E-state index in [0.29, 0.717) is 49.2 Å². The summed E-state index contributed by atoms with van der Waals surface area (Å²) in [6.07, 6.45) is 0. The SMILES string of the molecule is COc1ccc(-c2ccc(N3CCN(C(=O)c4ccc([N+](=O)[O-])cc4Cl)CC3)nn2)cc1OC. The molecule has 1 aliphatic heterocycles. The Morgan fingerprint density at radius 1 is 0.971 bits per heavy atom. The number of nitrogens with zero attached hydrogens (tertiary/aromatic N) is 5. The van der Waals surface area contributed by atoms with Gasteiger partial charge in [0.05, 0.1) is 35.4 Å². The van der Waals surface area contributed by atoms with Crippen molar-refractivity contribution in [1.82, 2.24) is 15.1 Å². The van der Waals surface area contributed by atoms with E-state index in [2.05, 4.69) is 10.2 Å². The van der Waals surface area contributed by atoms with Crippen LogP contribution in [0.3, 0.4) is 0 Å². The van der Waals surface area contributed by atoms with Crippen molar-refractivity contribution in [1.29, 1.82) is 0 Å². The van der Waals surface area contributed by atoms with E-state index in [1.54, 1.807) is 19.1 Å². The van der Waals surface area contributed by atoms with Crippen molar-refractivity contribution in [3.8, 4) is 22.8 Å². The van der Waals surface area contributed by atoms with Gasteiger partial charge in [-0.1, -0.05) is 11.6 Å². The second kappa shape index (κ2) is 9.92. The summed E-state index contributed by atoms with van der Waals surface area (Å²) in [6, 6.07) is 13.2. The van der Waals surface area contributed by atoms with Gasteiger partial charge in [0.1, 0.15) is 0 Å². The van der Waals surface area contributed by atoms with Crippen molar-refractivity contribution in [3.05, 3.63) is 69.2 Å². The molecule has 1 amide bonds. The van der Waals surface area contributed by atoms with Crippen LogP contribution in [0.25, 0.3) is 11.3 Å². The number of halogens is 1. The van der Waals surface area contributed by atoms with Crippen molar-refractivity contribution in [2.45, 2.75) is 0 Å². The van der Waals surface area contributed by atoms with Crippen LogP contribution in [-0.4, -0.2) is 66.3 Å². The number of piperazine rings is 1. The molecular formula is C23H22ClN5O5. The highest BCUT2D eigenvalue weighted by molar-refractivity contribution is 6.34. The molecule has 3 aromatic rings. The minimum atomic E-state index is -0.545. The van der Waals surface area contributed by atoms with Crippen molar-refractivity contribution < 1.29 is 19.2 Å². The number of rotatable bonds is 6. The normalized spacial score (nSPS) is 13.5. The highest BCUT2D eigenvalue weighted by atomic mass is 35.5. The second-order valence-electron chi connectivity index (χ2n) is 7.55. The van der Waals surface area contributed by atoms with E-state index < -0.39 is 4.92 Å². The summed E-state index contributed by atoms with van der Waals surface area (Å²) in [5, 5.41) is 19.7. The molecule has 2 heterocycles. The van der Waals surface area contributed by atoms with Crippen LogP contribution < -0.4 is 14.4 Å². The first kappa shape index (κ1) is 23.2. The zero-order valence-corrected chi connectivity index (χ0v) is 19.4. The third kappa shape index (κ3) is 4.72. The molecule has 4 rings (SSSR count). The number of carbonyl (C=O) groups excluding carboxylic acids is 1. The summed E-state index contributed by atoms with van der Waals surface area (Å²) >= 11 is 6.12. The fraction of sp³-hybridized carbons (Fsp3) is 0.261. The van der Waals surface area contributed by atoms with E-state index in [0.717, 1.165) is 5.56 Å². The molecule has 1 fully saturated rings. The van der Waals surface area contributed by atoms with Crippen LogP contribution in [0.1, 0.15) is 10.4 Å². The van der Waals surface area contributed by atoms with Gasteiger partial charge in [-0.25, -0.2) is 0 Å². The first-order valence-corrected chi connectivity index (χ1v) is 10.8. The Bertz CT molecular complexity index is 1210. The molecule has 11 heteroatoms. The number of benzene rings is 2. The van der Waals surface area contributed by atoms with Crippen LogP contribution >= 0.6 is 11.6 Å². The molecule has 0 unspecified atom stereocenters. The van der Waals surface area contributed by atoms with E-state index in [-0.39, 0.29) is 22.2 Å². The number of anilines is 1. The molecule has 1 saturated heterocycles. The second-order valence-corrected chi connectivity index (χ2v) is 7.95. The smallest absolute Gasteiger partial charge is 0.270 e. The fourth-order valence-electron chi connectivity index (χ4n) is 3.74. The Kier molecular flexibility index (Phi) is 6.78. The van der Waals surface area contributed by atoms with E-state index in [4.69, 9.17) is 21.1 Å². The molecule has 1 aliphatic rings. The van der Waals surface area contributed by atoms with Crippen LogP contribution in [0.2, 0.25) is 5.02 Å². The minimum absolute atomic E-state index is 0.0678. The molecule has 1 aromatic heterocycles. The maximum absolute atomic E-state index is 12.9. The summed E-state index contributed by atoms with van der Waals surface area (Å²) in [5.41, 5.74) is 1.65. The maximum atomic E-state index is 12.9. The van der Waals surface area contributed by atoms with Crippen LogP contribution in [-0.2, 0) is 0 Å². The zero-order chi connectivity index (χ0) is 24.2. The molecule has 0 aliphatic carbocycles. The van der Waals surface area contributed by atoms with Gasteiger partial charge in [-0.05, 0) is 36.4 Å². The predicted octanol–water partition coefficient (Wildman–Crippen LogP) is 3.68. The molecule has 34 heavy (non-hydrogen) atoms. The Morgan fingerprint density at radius 2 is 1.71 bits per heavy atom. The summed E-state index contributed by atoms with van der Waals surface area (Å²) in [4.78, 5) is 26.9. The van der Waals surface area contributed by atoms with Gasteiger partial charge in [-0.15, -0.1) is 10.2 Å². The summed E-state index contributed by atoms with van der Waals surface area (Å²) in [6.45, 7) is 2.07. The third-order valence-electron chi connectivity index (χ3n) is 5.61. The van der Waals surface area contributed by atoms with Gasteiger partial charge in [-0.3, -0.25) is 14.9 Å². The topological polar surface area (TPSA) is 111 Å². The third-order valence-corrected chi connectivity index (χ3v) is 5.93.